The summed E-state index contributed by atoms with van der Waals surface area (Å²) in [4.78, 5) is 63.7. The molecule has 0 bridgehead atoms. The normalized spacial score (nSPS) is 18.8. The van der Waals surface area contributed by atoms with Gasteiger partial charge < -0.3 is 40.2 Å². The Balaban J connectivity index is 0.000000188. The fourth-order valence-electron chi connectivity index (χ4n) is 12.0. The smallest absolute Gasteiger partial charge is 0.321 e. The number of rotatable bonds is 12. The number of amides is 2. The monoisotopic (exact) mass is 1060 g/mol. The number of halogens is 5. The third-order valence-corrected chi connectivity index (χ3v) is 15.9. The van der Waals surface area contributed by atoms with Gasteiger partial charge in [0.2, 0.25) is 11.8 Å². The zero-order chi connectivity index (χ0) is 54.5. The lowest BCUT2D eigenvalue weighted by molar-refractivity contribution is -0.148. The van der Waals surface area contributed by atoms with Gasteiger partial charge in [0.25, 0.3) is 0 Å². The molecular weight excluding hydrogens is 1000 g/mol. The summed E-state index contributed by atoms with van der Waals surface area (Å²) in [5, 5.41) is 42.0. The minimum absolute atomic E-state index is 0.0356. The van der Waals surface area contributed by atoms with Crippen LogP contribution in [0.2, 0.25) is 0 Å². The molecule has 6 aromatic rings. The van der Waals surface area contributed by atoms with Crippen LogP contribution in [0, 0.1) is 40.9 Å². The van der Waals surface area contributed by atoms with Crippen molar-refractivity contribution in [2.24, 2.45) is 11.8 Å². The van der Waals surface area contributed by atoms with Gasteiger partial charge in [-0.25, -0.2) is 22.0 Å². The van der Waals surface area contributed by atoms with Crippen LogP contribution < -0.4 is 0 Å². The summed E-state index contributed by atoms with van der Waals surface area (Å²) in [6, 6.07) is 14.0. The molecule has 6 heterocycles. The zero-order valence-electron chi connectivity index (χ0n) is 42.2. The molecule has 4 saturated heterocycles. The Hall–Kier alpha value is -7.51. The summed E-state index contributed by atoms with van der Waals surface area (Å²) in [6.45, 7) is 4.23. The van der Waals surface area contributed by atoms with E-state index < -0.39 is 53.1 Å². The first-order chi connectivity index (χ1) is 37.0. The fourth-order valence-corrected chi connectivity index (χ4v) is 12.0. The predicted molar refractivity (Wildman–Crippen MR) is 279 cm³/mol. The molecule has 4 aliphatic heterocycles. The van der Waals surface area contributed by atoms with Crippen LogP contribution in [-0.2, 0) is 19.2 Å². The second-order valence-corrected chi connectivity index (χ2v) is 20.6. The number of likely N-dealkylation sites (tertiary alicyclic amines) is 4. The molecule has 2 aromatic heterocycles. The van der Waals surface area contributed by atoms with E-state index >= 15 is 0 Å². The van der Waals surface area contributed by atoms with E-state index in [4.69, 9.17) is 0 Å². The van der Waals surface area contributed by atoms with E-state index in [0.717, 1.165) is 88.9 Å². The lowest BCUT2D eigenvalue weighted by Crippen LogP contribution is -2.52. The first kappa shape index (κ1) is 54.3. The van der Waals surface area contributed by atoms with Crippen LogP contribution in [0.15, 0.2) is 91.3 Å². The molecule has 4 aromatic carbocycles. The van der Waals surface area contributed by atoms with Crippen molar-refractivity contribution in [2.75, 3.05) is 52.4 Å². The molecule has 14 nitrogen and oxygen atoms in total. The van der Waals surface area contributed by atoms with E-state index in [2.05, 4.69) is 14.9 Å². The highest BCUT2D eigenvalue weighted by Crippen LogP contribution is 2.39. The Morgan fingerprint density at radius 1 is 0.506 bits per heavy atom. The maximum Gasteiger partial charge on any atom is 0.321 e. The number of nitrogens with zero attached hydrogens (tertiary/aromatic N) is 4. The van der Waals surface area contributed by atoms with Gasteiger partial charge in [0.15, 0.2) is 17.5 Å². The van der Waals surface area contributed by atoms with Gasteiger partial charge in [0, 0.05) is 78.6 Å². The van der Waals surface area contributed by atoms with Gasteiger partial charge in [-0.15, -0.1) is 0 Å². The van der Waals surface area contributed by atoms with Crippen molar-refractivity contribution >= 4 is 57.7 Å². The van der Waals surface area contributed by atoms with Gasteiger partial charge in [-0.1, -0.05) is 0 Å². The maximum atomic E-state index is 13.4. The first-order valence-corrected chi connectivity index (χ1v) is 26.1. The highest BCUT2D eigenvalue weighted by Gasteiger charge is 2.40. The Kier molecular flexibility index (Phi) is 16.8. The number of aromatic amines is 2. The number of aromatic hydroxyl groups is 2. The van der Waals surface area contributed by atoms with Crippen molar-refractivity contribution < 1.29 is 61.6 Å². The topological polar surface area (TPSA) is 194 Å². The number of piperidine rings is 4. The van der Waals surface area contributed by atoms with E-state index in [1.807, 2.05) is 29.4 Å². The van der Waals surface area contributed by atoms with Crippen molar-refractivity contribution in [1.29, 1.82) is 0 Å². The molecule has 406 valence electrons. The molecule has 77 heavy (non-hydrogen) atoms. The Labute approximate surface area is 441 Å². The summed E-state index contributed by atoms with van der Waals surface area (Å²) in [7, 11) is 0. The number of phenolic OH excluding ortho intramolecular Hbond substituents is 2. The Morgan fingerprint density at radius 3 is 1.26 bits per heavy atom. The molecule has 10 rings (SSSR count). The van der Waals surface area contributed by atoms with Gasteiger partial charge in [-0.2, -0.15) is 0 Å². The second-order valence-electron chi connectivity index (χ2n) is 20.6. The predicted octanol–water partition coefficient (Wildman–Crippen LogP) is 9.61. The Morgan fingerprint density at radius 2 is 0.883 bits per heavy atom. The number of hydrogen-bond donors (Lipinski definition) is 6. The fraction of sp³-hybridized carbons (Fsp3) is 0.379. The lowest BCUT2D eigenvalue weighted by Gasteiger charge is -2.41. The molecule has 2 atom stereocenters. The summed E-state index contributed by atoms with van der Waals surface area (Å²) >= 11 is 0. The van der Waals surface area contributed by atoms with Crippen LogP contribution in [0.5, 0.6) is 11.5 Å². The van der Waals surface area contributed by atoms with Crippen LogP contribution in [0.25, 0.3) is 34.0 Å². The molecule has 4 fully saturated rings. The quantitative estimate of drug-likeness (QED) is 0.0391. The van der Waals surface area contributed by atoms with Crippen molar-refractivity contribution in [2.45, 2.75) is 75.3 Å². The molecule has 0 saturated carbocycles. The number of fused-ring (bicyclic) bond motifs is 2. The average Bonchev–Trinajstić information content (AvgIpc) is 4.03. The van der Waals surface area contributed by atoms with Crippen molar-refractivity contribution in [3.05, 3.63) is 143 Å². The number of phenols is 2. The van der Waals surface area contributed by atoms with Crippen LogP contribution in [-0.4, -0.2) is 138 Å². The molecular formula is C58H61F5N6O8. The molecule has 0 aliphatic carbocycles. The highest BCUT2D eigenvalue weighted by molar-refractivity contribution is 5.92. The van der Waals surface area contributed by atoms with Crippen LogP contribution >= 0.6 is 0 Å². The number of carbonyl (C=O) groups is 4. The van der Waals surface area contributed by atoms with Gasteiger partial charge in [0.1, 0.15) is 35.2 Å². The van der Waals surface area contributed by atoms with E-state index in [1.54, 1.807) is 34.1 Å². The number of nitrogens with one attached hydrogen (secondary N) is 2. The molecule has 6 N–H and O–H groups in total. The van der Waals surface area contributed by atoms with Gasteiger partial charge in [-0.05, 0) is 196 Å². The number of aromatic nitrogens is 2. The molecule has 0 spiro atoms. The summed E-state index contributed by atoms with van der Waals surface area (Å²) in [6.07, 6.45) is 14.6. The number of aliphatic carboxylic acids is 2. The minimum atomic E-state index is -1.56. The average molecular weight is 1070 g/mol. The van der Waals surface area contributed by atoms with E-state index in [0.29, 0.717) is 78.0 Å². The summed E-state index contributed by atoms with van der Waals surface area (Å²) in [5.41, 5.74) is 4.53. The van der Waals surface area contributed by atoms with Gasteiger partial charge >= 0.3 is 11.9 Å². The number of carboxylic acid groups (broad SMARTS) is 2. The SMILES string of the molecule is O=C(O)C(C1CCN(C(=O)/C=C/c2cc(F)c(F)c(F)c2)CC1)N1CCC(c2c[nH]c3ccc(O)cc23)CC1.O=C(O)C(C1CCN(C(=O)/C=C/c2cc(F)cc(F)c2)CC1)N1CCC(c2c[nH]c3ccc(O)cc23)CC1. The zero-order valence-corrected chi connectivity index (χ0v) is 42.2. The van der Waals surface area contributed by atoms with Crippen LogP contribution in [0.4, 0.5) is 22.0 Å². The largest absolute Gasteiger partial charge is 0.508 e. The van der Waals surface area contributed by atoms with Crippen molar-refractivity contribution in [3.8, 4) is 11.5 Å². The summed E-state index contributed by atoms with van der Waals surface area (Å²) in [5.74, 6) is -7.13. The lowest BCUT2D eigenvalue weighted by atomic mass is 9.84. The Bertz CT molecular complexity index is 3140. The van der Waals surface area contributed by atoms with E-state index in [9.17, 15) is 61.6 Å². The first-order valence-electron chi connectivity index (χ1n) is 26.1. The summed E-state index contributed by atoms with van der Waals surface area (Å²) < 4.78 is 66.7. The van der Waals surface area contributed by atoms with Crippen LogP contribution in [0.1, 0.15) is 85.5 Å². The number of H-pyrrole nitrogens is 2. The standard InChI is InChI=1S/C29H30F3N3O4.C29H31F2N3O4/c30-23-13-17(14-24(31)27(23)32)1-4-26(37)34-9-7-19(8-10-34)28(29(38)39)35-11-5-18(6-12-35)22-16-33-25-3-2-20(36)15-21(22)25;30-21-13-18(14-22(31)15-21)1-4-27(36)33-9-7-20(8-10-33)28(29(37)38)34-11-5-19(6-12-34)25-17-32-26-3-2-23(35)16-24(25)26/h1-4,13-16,18-19,28,33,36H,5-12H2,(H,38,39);1-4,13-17,19-20,28,32,35H,5-12H2,(H,37,38)/b2*4-1+. The van der Waals surface area contributed by atoms with Gasteiger partial charge in [-0.3, -0.25) is 29.0 Å². The molecule has 4 aliphatic rings. The maximum absolute atomic E-state index is 13.4. The minimum Gasteiger partial charge on any atom is -0.508 e. The molecule has 2 unspecified atom stereocenters. The number of carboxylic acids is 2. The molecule has 19 heteroatoms. The molecule has 2 amide bonds. The number of carbonyl (C=O) groups excluding carboxylic acids is 2. The number of benzene rings is 4. The highest BCUT2D eigenvalue weighted by atomic mass is 19.2. The van der Waals surface area contributed by atoms with Crippen molar-refractivity contribution in [1.82, 2.24) is 29.6 Å². The second kappa shape index (κ2) is 23.8. The van der Waals surface area contributed by atoms with E-state index in [-0.39, 0.29) is 58.1 Å². The third-order valence-electron chi connectivity index (χ3n) is 15.9. The third kappa shape index (κ3) is 12.7. The molecule has 0 radical (unpaired) electrons. The van der Waals surface area contributed by atoms with E-state index in [1.165, 1.54) is 24.3 Å². The van der Waals surface area contributed by atoms with Crippen LogP contribution in [0.3, 0.4) is 0 Å². The van der Waals surface area contributed by atoms with Gasteiger partial charge in [0.05, 0.1) is 0 Å². The van der Waals surface area contributed by atoms with Crippen molar-refractivity contribution in [3.63, 3.8) is 0 Å². The number of hydrogen-bond acceptors (Lipinski definition) is 8.